The van der Waals surface area contributed by atoms with Crippen LogP contribution >= 0.6 is 0 Å². The van der Waals surface area contributed by atoms with Crippen LogP contribution in [0, 0.1) is 6.92 Å². The lowest BCUT2D eigenvalue weighted by Gasteiger charge is -2.16. The molecular weight excluding hydrogens is 200 g/mol. The van der Waals surface area contributed by atoms with Gasteiger partial charge in [0, 0.05) is 17.2 Å². The predicted molar refractivity (Wildman–Crippen MR) is 64.0 cm³/mol. The van der Waals surface area contributed by atoms with Crippen molar-refractivity contribution in [3.8, 4) is 0 Å². The van der Waals surface area contributed by atoms with Crippen LogP contribution < -0.4 is 0 Å². The maximum Gasteiger partial charge on any atom is 0.151 e. The van der Waals surface area contributed by atoms with Crippen LogP contribution in [0.5, 0.6) is 0 Å². The minimum absolute atomic E-state index is 0.0291. The predicted octanol–water partition coefficient (Wildman–Crippen LogP) is 2.75. The number of hydrogen-bond donors (Lipinski definition) is 0. The minimum Gasteiger partial charge on any atom is -0.302 e. The molecule has 0 saturated heterocycles. The fourth-order valence-corrected chi connectivity index (χ4v) is 1.86. The van der Waals surface area contributed by atoms with Gasteiger partial charge in [0.05, 0.1) is 11.2 Å². The van der Waals surface area contributed by atoms with Gasteiger partial charge in [0.15, 0.2) is 6.29 Å². The standard InChI is InChI=1S/C13H16N2O/c1-9-11-6-5-10(8-16)7-15(11)12(14-9)13(2,3)4/h5-8H,1-4H3. The van der Waals surface area contributed by atoms with Crippen molar-refractivity contribution in [2.45, 2.75) is 33.1 Å². The third-order valence-corrected chi connectivity index (χ3v) is 2.65. The molecule has 84 valence electrons. The van der Waals surface area contributed by atoms with E-state index in [0.717, 1.165) is 23.3 Å². The average molecular weight is 216 g/mol. The first-order valence-corrected chi connectivity index (χ1v) is 5.38. The number of aldehydes is 1. The van der Waals surface area contributed by atoms with E-state index in [4.69, 9.17) is 0 Å². The number of carbonyl (C=O) groups excluding carboxylic acids is 1. The summed E-state index contributed by atoms with van der Waals surface area (Å²) < 4.78 is 2.01. The van der Waals surface area contributed by atoms with Crippen molar-refractivity contribution in [2.75, 3.05) is 0 Å². The van der Waals surface area contributed by atoms with Gasteiger partial charge >= 0.3 is 0 Å². The Morgan fingerprint density at radius 1 is 1.31 bits per heavy atom. The normalized spacial score (nSPS) is 12.0. The maximum absolute atomic E-state index is 10.8. The Hall–Kier alpha value is -1.64. The van der Waals surface area contributed by atoms with E-state index in [-0.39, 0.29) is 5.41 Å². The zero-order chi connectivity index (χ0) is 11.9. The third-order valence-electron chi connectivity index (χ3n) is 2.65. The summed E-state index contributed by atoms with van der Waals surface area (Å²) in [5.41, 5.74) is 2.71. The third kappa shape index (κ3) is 1.62. The van der Waals surface area contributed by atoms with Crippen LogP contribution in [0.15, 0.2) is 18.3 Å². The van der Waals surface area contributed by atoms with Gasteiger partial charge < -0.3 is 4.40 Å². The topological polar surface area (TPSA) is 34.4 Å². The highest BCUT2D eigenvalue weighted by atomic mass is 16.1. The Morgan fingerprint density at radius 2 is 2.00 bits per heavy atom. The molecule has 0 unspecified atom stereocenters. The monoisotopic (exact) mass is 216 g/mol. The summed E-state index contributed by atoms with van der Waals surface area (Å²) >= 11 is 0. The van der Waals surface area contributed by atoms with E-state index in [9.17, 15) is 4.79 Å². The molecule has 0 atom stereocenters. The summed E-state index contributed by atoms with van der Waals surface area (Å²) in [5, 5.41) is 0. The molecule has 0 spiro atoms. The molecule has 2 aromatic heterocycles. The first-order chi connectivity index (χ1) is 7.43. The van der Waals surface area contributed by atoms with Crippen molar-refractivity contribution in [3.63, 3.8) is 0 Å². The van der Waals surface area contributed by atoms with Gasteiger partial charge in [-0.3, -0.25) is 4.79 Å². The van der Waals surface area contributed by atoms with Crippen LogP contribution in [0.25, 0.3) is 5.52 Å². The molecule has 0 aromatic carbocycles. The summed E-state index contributed by atoms with van der Waals surface area (Å²) in [4.78, 5) is 15.4. The van der Waals surface area contributed by atoms with Gasteiger partial charge in [0.25, 0.3) is 0 Å². The van der Waals surface area contributed by atoms with Crippen LogP contribution in [-0.2, 0) is 5.41 Å². The molecule has 2 heterocycles. The van der Waals surface area contributed by atoms with E-state index in [2.05, 4.69) is 25.8 Å². The van der Waals surface area contributed by atoms with Crippen LogP contribution in [0.2, 0.25) is 0 Å². The molecule has 3 heteroatoms. The molecule has 0 N–H and O–H groups in total. The lowest BCUT2D eigenvalue weighted by Crippen LogP contribution is -2.16. The number of hydrogen-bond acceptors (Lipinski definition) is 2. The Labute approximate surface area is 95.1 Å². The summed E-state index contributed by atoms with van der Waals surface area (Å²) in [6.45, 7) is 8.35. The largest absolute Gasteiger partial charge is 0.302 e. The van der Waals surface area contributed by atoms with Crippen molar-refractivity contribution in [1.82, 2.24) is 9.38 Å². The number of fused-ring (bicyclic) bond motifs is 1. The Morgan fingerprint density at radius 3 is 2.56 bits per heavy atom. The number of rotatable bonds is 1. The molecule has 0 aliphatic rings. The van der Waals surface area contributed by atoms with E-state index in [1.54, 1.807) is 0 Å². The Balaban J connectivity index is 2.80. The lowest BCUT2D eigenvalue weighted by atomic mass is 9.96. The maximum atomic E-state index is 10.8. The van der Waals surface area contributed by atoms with E-state index in [1.807, 2.05) is 29.7 Å². The summed E-state index contributed by atoms with van der Waals surface area (Å²) in [5.74, 6) is 0.990. The number of imidazole rings is 1. The molecule has 3 nitrogen and oxygen atoms in total. The van der Waals surface area contributed by atoms with Gasteiger partial charge in [-0.2, -0.15) is 0 Å². The zero-order valence-corrected chi connectivity index (χ0v) is 10.1. The first-order valence-electron chi connectivity index (χ1n) is 5.38. The summed E-state index contributed by atoms with van der Waals surface area (Å²) in [6.07, 6.45) is 2.71. The fraction of sp³-hybridized carbons (Fsp3) is 0.385. The molecule has 0 aliphatic heterocycles. The van der Waals surface area contributed by atoms with Gasteiger partial charge in [0.2, 0.25) is 0 Å². The highest BCUT2D eigenvalue weighted by molar-refractivity contribution is 5.75. The molecule has 2 rings (SSSR count). The van der Waals surface area contributed by atoms with Gasteiger partial charge in [-0.1, -0.05) is 20.8 Å². The van der Waals surface area contributed by atoms with Crippen LogP contribution in [-0.4, -0.2) is 15.7 Å². The van der Waals surface area contributed by atoms with Crippen LogP contribution in [0.3, 0.4) is 0 Å². The second-order valence-corrected chi connectivity index (χ2v) is 5.11. The van der Waals surface area contributed by atoms with Crippen molar-refractivity contribution in [3.05, 3.63) is 35.4 Å². The van der Waals surface area contributed by atoms with Gasteiger partial charge in [-0.05, 0) is 19.1 Å². The fourth-order valence-electron chi connectivity index (χ4n) is 1.86. The van der Waals surface area contributed by atoms with Crippen LogP contribution in [0.4, 0.5) is 0 Å². The highest BCUT2D eigenvalue weighted by Gasteiger charge is 2.21. The molecule has 16 heavy (non-hydrogen) atoms. The van der Waals surface area contributed by atoms with E-state index in [1.165, 1.54) is 0 Å². The molecule has 0 radical (unpaired) electrons. The van der Waals surface area contributed by atoms with E-state index in [0.29, 0.717) is 5.56 Å². The second kappa shape index (κ2) is 3.44. The first kappa shape index (κ1) is 10.9. The number of pyridine rings is 1. The summed E-state index contributed by atoms with van der Waals surface area (Å²) in [7, 11) is 0. The molecule has 0 bridgehead atoms. The minimum atomic E-state index is -0.0291. The second-order valence-electron chi connectivity index (χ2n) is 5.11. The van der Waals surface area contributed by atoms with E-state index < -0.39 is 0 Å². The number of aryl methyl sites for hydroxylation is 1. The van der Waals surface area contributed by atoms with Crippen molar-refractivity contribution in [1.29, 1.82) is 0 Å². The van der Waals surface area contributed by atoms with Crippen molar-refractivity contribution < 1.29 is 4.79 Å². The lowest BCUT2D eigenvalue weighted by molar-refractivity contribution is 0.112. The van der Waals surface area contributed by atoms with Crippen molar-refractivity contribution in [2.24, 2.45) is 0 Å². The highest BCUT2D eigenvalue weighted by Crippen LogP contribution is 2.24. The molecule has 2 aromatic rings. The average Bonchev–Trinajstić information content (AvgIpc) is 2.55. The number of nitrogens with zero attached hydrogens (tertiary/aromatic N) is 2. The molecular formula is C13H16N2O. The number of aromatic nitrogens is 2. The van der Waals surface area contributed by atoms with Gasteiger partial charge in [0.1, 0.15) is 5.82 Å². The van der Waals surface area contributed by atoms with Crippen LogP contribution in [0.1, 0.15) is 42.6 Å². The molecule has 0 amide bonds. The summed E-state index contributed by atoms with van der Waals surface area (Å²) in [6, 6.07) is 3.77. The Kier molecular flexibility index (Phi) is 2.34. The Bertz CT molecular complexity index is 547. The quantitative estimate of drug-likeness (QED) is 0.687. The van der Waals surface area contributed by atoms with E-state index >= 15 is 0 Å². The van der Waals surface area contributed by atoms with Crippen molar-refractivity contribution >= 4 is 11.8 Å². The SMILES string of the molecule is Cc1nc(C(C)(C)C)n2cc(C=O)ccc12. The number of carbonyl (C=O) groups is 1. The van der Waals surface area contributed by atoms with Gasteiger partial charge in [-0.25, -0.2) is 4.98 Å². The molecule has 0 aliphatic carbocycles. The smallest absolute Gasteiger partial charge is 0.151 e. The zero-order valence-electron chi connectivity index (χ0n) is 10.1. The van der Waals surface area contributed by atoms with Gasteiger partial charge in [-0.15, -0.1) is 0 Å². The molecule has 0 fully saturated rings. The molecule has 0 saturated carbocycles.